The normalized spacial score (nSPS) is 16.6. The lowest BCUT2D eigenvalue weighted by molar-refractivity contribution is -0.137. The minimum atomic E-state index is -4.42. The van der Waals surface area contributed by atoms with Gasteiger partial charge in [-0.1, -0.05) is 47.7 Å². The second kappa shape index (κ2) is 7.96. The Morgan fingerprint density at radius 1 is 1.03 bits per heavy atom. The van der Waals surface area contributed by atoms with E-state index in [1.54, 1.807) is 30.4 Å². The predicted molar refractivity (Wildman–Crippen MR) is 111 cm³/mol. The van der Waals surface area contributed by atoms with Crippen LogP contribution in [-0.4, -0.2) is 31.6 Å². The van der Waals surface area contributed by atoms with E-state index in [1.165, 1.54) is 12.1 Å². The number of carbonyl (C=O) groups is 1. The van der Waals surface area contributed by atoms with Crippen molar-refractivity contribution in [3.05, 3.63) is 71.4 Å². The van der Waals surface area contributed by atoms with Gasteiger partial charge in [0.1, 0.15) is 11.3 Å². The standard InChI is InChI=1S/C23H23F3N4O2/c1-22(2,3)32-21(31)29-13-19-20(16-9-11-17(12-10-16)23(24,25)26)27-28-30(19)14-18(29)15-7-5-4-6-8-15/h4-12,18H,13-14H2,1-3H3/t18-/m1/s1. The third kappa shape index (κ3) is 4.46. The largest absolute Gasteiger partial charge is 0.444 e. The zero-order valence-corrected chi connectivity index (χ0v) is 17.9. The van der Waals surface area contributed by atoms with Gasteiger partial charge in [0, 0.05) is 5.56 Å². The molecule has 0 saturated heterocycles. The summed E-state index contributed by atoms with van der Waals surface area (Å²) in [6.07, 6.45) is -4.89. The number of hydrogen-bond acceptors (Lipinski definition) is 4. The number of amides is 1. The molecule has 2 heterocycles. The highest BCUT2D eigenvalue weighted by atomic mass is 19.4. The van der Waals surface area contributed by atoms with Gasteiger partial charge in [0.25, 0.3) is 0 Å². The number of alkyl halides is 3. The lowest BCUT2D eigenvalue weighted by Crippen LogP contribution is -2.43. The molecular weight excluding hydrogens is 421 g/mol. The Hall–Kier alpha value is -3.36. The number of aromatic nitrogens is 3. The van der Waals surface area contributed by atoms with E-state index in [0.717, 1.165) is 17.7 Å². The summed E-state index contributed by atoms with van der Waals surface area (Å²) in [4.78, 5) is 14.7. The highest BCUT2D eigenvalue weighted by molar-refractivity contribution is 5.70. The summed E-state index contributed by atoms with van der Waals surface area (Å²) in [6.45, 7) is 5.91. The highest BCUT2D eigenvalue weighted by Gasteiger charge is 2.36. The number of rotatable bonds is 2. The molecule has 2 aromatic carbocycles. The van der Waals surface area contributed by atoms with Crippen LogP contribution in [0.4, 0.5) is 18.0 Å². The van der Waals surface area contributed by atoms with E-state index >= 15 is 0 Å². The van der Waals surface area contributed by atoms with Crippen molar-refractivity contribution in [3.8, 4) is 11.3 Å². The number of benzene rings is 2. The summed E-state index contributed by atoms with van der Waals surface area (Å²) in [7, 11) is 0. The van der Waals surface area contributed by atoms with Crippen molar-refractivity contribution in [3.63, 3.8) is 0 Å². The van der Waals surface area contributed by atoms with Crippen molar-refractivity contribution in [2.24, 2.45) is 0 Å². The van der Waals surface area contributed by atoms with Crippen molar-refractivity contribution in [1.82, 2.24) is 19.9 Å². The Labute approximate surface area is 183 Å². The molecule has 32 heavy (non-hydrogen) atoms. The summed E-state index contributed by atoms with van der Waals surface area (Å²) in [6, 6.07) is 14.0. The maximum Gasteiger partial charge on any atom is 0.416 e. The van der Waals surface area contributed by atoms with Gasteiger partial charge in [0.05, 0.1) is 30.4 Å². The third-order valence-electron chi connectivity index (χ3n) is 5.18. The summed E-state index contributed by atoms with van der Waals surface area (Å²) in [5, 5.41) is 8.42. The molecule has 0 aliphatic carbocycles. The topological polar surface area (TPSA) is 60.2 Å². The lowest BCUT2D eigenvalue weighted by atomic mass is 10.0. The lowest BCUT2D eigenvalue weighted by Gasteiger charge is -2.37. The highest BCUT2D eigenvalue weighted by Crippen LogP contribution is 2.35. The molecule has 1 aromatic heterocycles. The van der Waals surface area contributed by atoms with E-state index in [-0.39, 0.29) is 12.6 Å². The Morgan fingerprint density at radius 2 is 1.69 bits per heavy atom. The second-order valence-corrected chi connectivity index (χ2v) is 8.68. The summed E-state index contributed by atoms with van der Waals surface area (Å²) in [5.74, 6) is 0. The van der Waals surface area contributed by atoms with Crippen LogP contribution in [0.5, 0.6) is 0 Å². The molecule has 168 valence electrons. The summed E-state index contributed by atoms with van der Waals surface area (Å²) >= 11 is 0. The van der Waals surface area contributed by atoms with Gasteiger partial charge in [-0.2, -0.15) is 13.2 Å². The van der Waals surface area contributed by atoms with Crippen molar-refractivity contribution < 1.29 is 22.7 Å². The SMILES string of the molecule is CC(C)(C)OC(=O)N1Cc2c(-c3ccc(C(F)(F)F)cc3)nnn2C[C@@H]1c1ccccc1. The number of carbonyl (C=O) groups excluding carboxylic acids is 1. The van der Waals surface area contributed by atoms with E-state index in [4.69, 9.17) is 4.74 Å². The fourth-order valence-electron chi connectivity index (χ4n) is 3.68. The molecule has 1 aliphatic rings. The molecule has 6 nitrogen and oxygen atoms in total. The zero-order valence-electron chi connectivity index (χ0n) is 17.9. The first-order chi connectivity index (χ1) is 15.0. The Bertz CT molecular complexity index is 1100. The molecule has 0 spiro atoms. The molecular formula is C23H23F3N4O2. The average molecular weight is 444 g/mol. The first-order valence-electron chi connectivity index (χ1n) is 10.2. The Balaban J connectivity index is 1.70. The first-order valence-corrected chi connectivity index (χ1v) is 10.2. The van der Waals surface area contributed by atoms with Gasteiger partial charge in [-0.3, -0.25) is 4.90 Å². The maximum atomic E-state index is 13.1. The van der Waals surface area contributed by atoms with Crippen molar-refractivity contribution in [2.45, 2.75) is 51.7 Å². The Morgan fingerprint density at radius 3 is 2.28 bits per heavy atom. The van der Waals surface area contributed by atoms with Crippen LogP contribution in [0, 0.1) is 0 Å². The Kier molecular flexibility index (Phi) is 5.44. The van der Waals surface area contributed by atoms with Gasteiger partial charge < -0.3 is 4.74 Å². The van der Waals surface area contributed by atoms with Gasteiger partial charge >= 0.3 is 12.3 Å². The number of nitrogens with zero attached hydrogens (tertiary/aromatic N) is 4. The van der Waals surface area contributed by atoms with E-state index in [2.05, 4.69) is 10.3 Å². The van der Waals surface area contributed by atoms with Crippen LogP contribution in [0.2, 0.25) is 0 Å². The maximum absolute atomic E-state index is 13.1. The van der Waals surface area contributed by atoms with Crippen LogP contribution in [-0.2, 0) is 24.0 Å². The molecule has 0 fully saturated rings. The van der Waals surface area contributed by atoms with Crippen molar-refractivity contribution >= 4 is 6.09 Å². The van der Waals surface area contributed by atoms with Gasteiger partial charge in [-0.15, -0.1) is 5.10 Å². The third-order valence-corrected chi connectivity index (χ3v) is 5.18. The van der Waals surface area contributed by atoms with Crippen LogP contribution in [0.3, 0.4) is 0 Å². The molecule has 1 amide bonds. The molecule has 0 N–H and O–H groups in total. The quantitative estimate of drug-likeness (QED) is 0.527. The second-order valence-electron chi connectivity index (χ2n) is 8.68. The van der Waals surface area contributed by atoms with Gasteiger partial charge in [0.2, 0.25) is 0 Å². The molecule has 1 aliphatic heterocycles. The van der Waals surface area contributed by atoms with Gasteiger partial charge in [-0.25, -0.2) is 9.48 Å². The fourth-order valence-corrected chi connectivity index (χ4v) is 3.68. The van der Waals surface area contributed by atoms with E-state index in [9.17, 15) is 18.0 Å². The molecule has 9 heteroatoms. The van der Waals surface area contributed by atoms with Crippen molar-refractivity contribution in [1.29, 1.82) is 0 Å². The fraction of sp³-hybridized carbons (Fsp3) is 0.348. The van der Waals surface area contributed by atoms with Crippen molar-refractivity contribution in [2.75, 3.05) is 0 Å². The zero-order chi connectivity index (χ0) is 23.1. The molecule has 0 bridgehead atoms. The summed E-state index contributed by atoms with van der Waals surface area (Å²) < 4.78 is 46.1. The predicted octanol–water partition coefficient (Wildman–Crippen LogP) is 5.46. The molecule has 1 atom stereocenters. The smallest absolute Gasteiger partial charge is 0.416 e. The number of hydrogen-bond donors (Lipinski definition) is 0. The van der Waals surface area contributed by atoms with Crippen LogP contribution in [0.1, 0.15) is 43.6 Å². The number of halogens is 3. The van der Waals surface area contributed by atoms with Gasteiger partial charge in [-0.05, 0) is 38.5 Å². The van der Waals surface area contributed by atoms with Crippen LogP contribution in [0.15, 0.2) is 54.6 Å². The first kappa shape index (κ1) is 21.9. The minimum absolute atomic E-state index is 0.165. The van der Waals surface area contributed by atoms with Crippen LogP contribution < -0.4 is 0 Å². The molecule has 0 saturated carbocycles. The van der Waals surface area contributed by atoms with Crippen LogP contribution >= 0.6 is 0 Å². The number of ether oxygens (including phenoxy) is 1. The average Bonchev–Trinajstić information content (AvgIpc) is 3.15. The minimum Gasteiger partial charge on any atom is -0.444 e. The number of fused-ring (bicyclic) bond motifs is 1. The monoisotopic (exact) mass is 444 g/mol. The molecule has 0 radical (unpaired) electrons. The summed E-state index contributed by atoms with van der Waals surface area (Å²) in [5.41, 5.74) is 1.10. The molecule has 0 unspecified atom stereocenters. The molecule has 4 rings (SSSR count). The molecule has 3 aromatic rings. The van der Waals surface area contributed by atoms with E-state index < -0.39 is 23.4 Å². The van der Waals surface area contributed by atoms with E-state index in [1.807, 2.05) is 30.3 Å². The van der Waals surface area contributed by atoms with E-state index in [0.29, 0.717) is 23.5 Å². The van der Waals surface area contributed by atoms with Gasteiger partial charge in [0.15, 0.2) is 0 Å². The van der Waals surface area contributed by atoms with Crippen LogP contribution in [0.25, 0.3) is 11.3 Å².